The molecule has 2 heterocycles. The van der Waals surface area contributed by atoms with Crippen molar-refractivity contribution in [3.63, 3.8) is 0 Å². The van der Waals surface area contributed by atoms with Crippen molar-refractivity contribution in [2.45, 2.75) is 13.8 Å². The Bertz CT molecular complexity index is 1040. The second kappa shape index (κ2) is 8.16. The van der Waals surface area contributed by atoms with Crippen LogP contribution in [0, 0.1) is 35.3 Å². The Morgan fingerprint density at radius 3 is 2.59 bits per heavy atom. The average Bonchev–Trinajstić information content (AvgIpc) is 2.99. The largest absolute Gasteiger partial charge is 0.378 e. The van der Waals surface area contributed by atoms with Crippen LogP contribution in [-0.2, 0) is 9.53 Å². The van der Waals surface area contributed by atoms with E-state index in [1.165, 1.54) is 12.1 Å². The predicted octanol–water partition coefficient (Wildman–Crippen LogP) is 2.23. The highest BCUT2D eigenvalue weighted by atomic mass is 16.6. The van der Waals surface area contributed by atoms with Gasteiger partial charge in [-0.15, -0.1) is 0 Å². The van der Waals surface area contributed by atoms with Crippen molar-refractivity contribution in [3.05, 3.63) is 56.9 Å². The van der Waals surface area contributed by atoms with E-state index in [1.807, 2.05) is 29.4 Å². The number of amides is 1. The molecule has 1 aliphatic heterocycles. The molecule has 29 heavy (non-hydrogen) atoms. The molecule has 0 atom stereocenters. The third kappa shape index (κ3) is 3.97. The lowest BCUT2D eigenvalue weighted by Gasteiger charge is -2.28. The van der Waals surface area contributed by atoms with E-state index in [2.05, 4.69) is 0 Å². The van der Waals surface area contributed by atoms with Gasteiger partial charge in [0.2, 0.25) is 0 Å². The maximum Gasteiger partial charge on any atom is 0.294 e. The van der Waals surface area contributed by atoms with Crippen molar-refractivity contribution in [3.8, 4) is 11.8 Å². The number of ether oxygens (including phenoxy) is 1. The maximum absolute atomic E-state index is 11.7. The fourth-order valence-corrected chi connectivity index (χ4v) is 3.51. The normalized spacial score (nSPS) is 14.5. The molecular weight excluding hydrogens is 374 g/mol. The number of anilines is 1. The first kappa shape index (κ1) is 20.1. The van der Waals surface area contributed by atoms with Gasteiger partial charge in [0.1, 0.15) is 17.3 Å². The fourth-order valence-electron chi connectivity index (χ4n) is 3.51. The molecule has 0 aliphatic carbocycles. The van der Waals surface area contributed by atoms with Crippen LogP contribution in [0.4, 0.5) is 11.4 Å². The number of nitriles is 1. The number of carbonyl (C=O) groups excluding carboxylic acids is 1. The molecule has 0 unspecified atom stereocenters. The van der Waals surface area contributed by atoms with Crippen LogP contribution in [0.1, 0.15) is 17.0 Å². The summed E-state index contributed by atoms with van der Waals surface area (Å²) >= 11 is 0. The maximum atomic E-state index is 11.7. The molecule has 0 bridgehead atoms. The summed E-state index contributed by atoms with van der Waals surface area (Å²) in [6.07, 6.45) is 1.43. The van der Waals surface area contributed by atoms with Crippen LogP contribution in [0.3, 0.4) is 0 Å². The van der Waals surface area contributed by atoms with Crippen molar-refractivity contribution in [1.29, 1.82) is 5.26 Å². The van der Waals surface area contributed by atoms with Gasteiger partial charge in [0.05, 0.1) is 23.8 Å². The quantitative estimate of drug-likeness (QED) is 0.358. The molecule has 1 aromatic heterocycles. The summed E-state index contributed by atoms with van der Waals surface area (Å²) in [4.78, 5) is 24.6. The van der Waals surface area contributed by atoms with E-state index in [1.54, 1.807) is 18.2 Å². The summed E-state index contributed by atoms with van der Waals surface area (Å²) < 4.78 is 7.17. The summed E-state index contributed by atoms with van der Waals surface area (Å²) in [5.41, 5.74) is 8.47. The second-order valence-electron chi connectivity index (χ2n) is 6.73. The Morgan fingerprint density at radius 2 is 2.00 bits per heavy atom. The van der Waals surface area contributed by atoms with Gasteiger partial charge in [0.15, 0.2) is 0 Å². The van der Waals surface area contributed by atoms with Gasteiger partial charge in [-0.25, -0.2) is 0 Å². The minimum atomic E-state index is -0.803. The lowest BCUT2D eigenvalue weighted by atomic mass is 10.1. The zero-order chi connectivity index (χ0) is 21.1. The number of nitro groups is 1. The summed E-state index contributed by atoms with van der Waals surface area (Å²) in [5.74, 6) is -0.803. The van der Waals surface area contributed by atoms with Crippen LogP contribution in [0.15, 0.2) is 29.8 Å². The number of aryl methyl sites for hydroxylation is 1. The first-order valence-corrected chi connectivity index (χ1v) is 9.05. The van der Waals surface area contributed by atoms with E-state index in [0.717, 1.165) is 11.4 Å². The number of carbonyl (C=O) groups is 1. The van der Waals surface area contributed by atoms with Crippen molar-refractivity contribution in [2.24, 2.45) is 5.73 Å². The van der Waals surface area contributed by atoms with Crippen molar-refractivity contribution in [1.82, 2.24) is 4.57 Å². The van der Waals surface area contributed by atoms with Crippen molar-refractivity contribution < 1.29 is 14.5 Å². The third-order valence-electron chi connectivity index (χ3n) is 4.92. The summed E-state index contributed by atoms with van der Waals surface area (Å²) in [5, 5.41) is 20.8. The number of benzene rings is 1. The Hall–Kier alpha value is -3.64. The van der Waals surface area contributed by atoms with Gasteiger partial charge < -0.3 is 19.9 Å². The van der Waals surface area contributed by atoms with E-state index in [4.69, 9.17) is 15.7 Å². The highest BCUT2D eigenvalue weighted by molar-refractivity contribution is 6.00. The summed E-state index contributed by atoms with van der Waals surface area (Å²) in [7, 11) is 0. The highest BCUT2D eigenvalue weighted by Gasteiger charge is 2.23. The molecule has 0 saturated carbocycles. The number of rotatable bonds is 5. The molecule has 3 rings (SSSR count). The van der Waals surface area contributed by atoms with Crippen LogP contribution in [0.25, 0.3) is 11.8 Å². The lowest BCUT2D eigenvalue weighted by Crippen LogP contribution is -2.36. The number of aromatic nitrogens is 1. The highest BCUT2D eigenvalue weighted by Crippen LogP contribution is 2.33. The topological polar surface area (TPSA) is 127 Å². The Labute approximate surface area is 167 Å². The van der Waals surface area contributed by atoms with E-state index < -0.39 is 5.91 Å². The molecule has 1 amide bonds. The zero-order valence-corrected chi connectivity index (χ0v) is 16.2. The summed E-state index contributed by atoms with van der Waals surface area (Å²) in [6, 6.07) is 8.70. The third-order valence-corrected chi connectivity index (χ3v) is 4.92. The molecule has 2 aromatic rings. The van der Waals surface area contributed by atoms with Gasteiger partial charge in [-0.3, -0.25) is 14.9 Å². The van der Waals surface area contributed by atoms with Crippen LogP contribution < -0.4 is 10.6 Å². The van der Waals surface area contributed by atoms with Crippen molar-refractivity contribution in [2.75, 3.05) is 31.2 Å². The average molecular weight is 395 g/mol. The number of hydrogen-bond donors (Lipinski definition) is 1. The fraction of sp³-hybridized carbons (Fsp3) is 0.300. The van der Waals surface area contributed by atoms with Gasteiger partial charge in [-0.05, 0) is 43.7 Å². The Balaban J connectivity index is 2.07. The van der Waals surface area contributed by atoms with Crippen LogP contribution in [-0.4, -0.2) is 41.7 Å². The van der Waals surface area contributed by atoms with Crippen LogP contribution in [0.2, 0.25) is 0 Å². The molecule has 150 valence electrons. The van der Waals surface area contributed by atoms with Gasteiger partial charge in [-0.1, -0.05) is 0 Å². The number of morpholine rings is 1. The van der Waals surface area contributed by atoms with E-state index in [9.17, 15) is 14.9 Å². The van der Waals surface area contributed by atoms with Crippen LogP contribution in [0.5, 0.6) is 0 Å². The molecule has 0 spiro atoms. The first-order chi connectivity index (χ1) is 13.8. The number of nitrogens with two attached hydrogens (primary N) is 1. The van der Waals surface area contributed by atoms with E-state index in [0.29, 0.717) is 43.2 Å². The van der Waals surface area contributed by atoms with Crippen molar-refractivity contribution >= 4 is 23.4 Å². The van der Waals surface area contributed by atoms with Gasteiger partial charge in [0.25, 0.3) is 11.6 Å². The molecule has 2 N–H and O–H groups in total. The Morgan fingerprint density at radius 1 is 1.31 bits per heavy atom. The minimum absolute atomic E-state index is 0.0174. The van der Waals surface area contributed by atoms with Gasteiger partial charge >= 0.3 is 0 Å². The molecule has 9 heteroatoms. The van der Waals surface area contributed by atoms with E-state index in [-0.39, 0.29) is 16.2 Å². The van der Waals surface area contributed by atoms with Gasteiger partial charge in [-0.2, -0.15) is 5.26 Å². The molecule has 1 saturated heterocycles. The lowest BCUT2D eigenvalue weighted by molar-refractivity contribution is -0.384. The zero-order valence-electron chi connectivity index (χ0n) is 16.2. The van der Waals surface area contributed by atoms with E-state index >= 15 is 0 Å². The predicted molar refractivity (Wildman–Crippen MR) is 108 cm³/mol. The van der Waals surface area contributed by atoms with Gasteiger partial charge in [0, 0.05) is 30.5 Å². The molecule has 1 aliphatic rings. The molecule has 1 fully saturated rings. The SMILES string of the molecule is Cc1cc(/C=C(/C#N)C(N)=O)c(C)n1-c1ccc(N2CCOCC2)c([N+](=O)[O-])c1. The monoisotopic (exact) mass is 395 g/mol. The second-order valence-corrected chi connectivity index (χ2v) is 6.73. The number of nitro benzene ring substituents is 1. The molecule has 9 nitrogen and oxygen atoms in total. The number of hydrogen-bond acceptors (Lipinski definition) is 6. The first-order valence-electron chi connectivity index (χ1n) is 9.05. The molecule has 1 aromatic carbocycles. The smallest absolute Gasteiger partial charge is 0.294 e. The number of primary amides is 1. The summed E-state index contributed by atoms with van der Waals surface area (Å²) in [6.45, 7) is 5.93. The Kier molecular flexibility index (Phi) is 5.66. The molecule has 0 radical (unpaired) electrons. The minimum Gasteiger partial charge on any atom is -0.378 e. The standard InChI is InChI=1S/C20H21N5O4/c1-13-9-15(10-16(12-21)20(22)26)14(2)24(13)17-3-4-18(19(11-17)25(27)28)23-5-7-29-8-6-23/h3-4,9-11H,5-8H2,1-2H3,(H2,22,26)/b16-10-. The molecular formula is C20H21N5O4. The number of nitrogens with zero attached hydrogens (tertiary/aromatic N) is 4. The van der Waals surface area contributed by atoms with Crippen LogP contribution >= 0.6 is 0 Å².